The van der Waals surface area contributed by atoms with Crippen molar-refractivity contribution in [2.45, 2.75) is 13.8 Å². The van der Waals surface area contributed by atoms with E-state index in [1.54, 1.807) is 16.8 Å². The molecule has 0 aliphatic carbocycles. The Hall–Kier alpha value is -3.44. The van der Waals surface area contributed by atoms with Crippen molar-refractivity contribution in [1.82, 2.24) is 14.8 Å². The number of anilines is 1. The number of carbonyl (C=O) groups is 1. The van der Waals surface area contributed by atoms with Crippen molar-refractivity contribution >= 4 is 23.2 Å². The standard InChI is InChI=1S/C23H19ClN4O/c1-15-11-12-19(13-16(15)2)25-23(29)21-26-22(17-7-6-8-18(24)14-17)28(27-21)20-9-4-3-5-10-20/h3-14H,1-2H3,(H,25,29). The second-order valence-electron chi connectivity index (χ2n) is 6.77. The highest BCUT2D eigenvalue weighted by Gasteiger charge is 2.19. The predicted octanol–water partition coefficient (Wildman–Crippen LogP) is 5.46. The summed E-state index contributed by atoms with van der Waals surface area (Å²) in [4.78, 5) is 17.3. The van der Waals surface area contributed by atoms with E-state index in [1.165, 1.54) is 0 Å². The first-order chi connectivity index (χ1) is 14.0. The van der Waals surface area contributed by atoms with E-state index in [0.717, 1.165) is 22.4 Å². The highest BCUT2D eigenvalue weighted by molar-refractivity contribution is 6.30. The molecule has 29 heavy (non-hydrogen) atoms. The maximum absolute atomic E-state index is 12.8. The van der Waals surface area contributed by atoms with Crippen LogP contribution in [0.25, 0.3) is 17.1 Å². The largest absolute Gasteiger partial charge is 0.319 e. The van der Waals surface area contributed by atoms with E-state index in [2.05, 4.69) is 15.4 Å². The van der Waals surface area contributed by atoms with E-state index in [4.69, 9.17) is 11.6 Å². The number of hydrogen-bond acceptors (Lipinski definition) is 3. The van der Waals surface area contributed by atoms with Gasteiger partial charge in [-0.05, 0) is 61.4 Å². The normalized spacial score (nSPS) is 10.7. The van der Waals surface area contributed by atoms with Gasteiger partial charge in [-0.2, -0.15) is 0 Å². The number of hydrogen-bond donors (Lipinski definition) is 1. The van der Waals surface area contributed by atoms with Crippen LogP contribution in [0.3, 0.4) is 0 Å². The highest BCUT2D eigenvalue weighted by Crippen LogP contribution is 2.24. The third-order valence-corrected chi connectivity index (χ3v) is 4.89. The van der Waals surface area contributed by atoms with Crippen molar-refractivity contribution < 1.29 is 4.79 Å². The number of carbonyl (C=O) groups excluding carboxylic acids is 1. The number of benzene rings is 3. The van der Waals surface area contributed by atoms with E-state index < -0.39 is 0 Å². The maximum atomic E-state index is 12.8. The second kappa shape index (κ2) is 7.89. The van der Waals surface area contributed by atoms with E-state index in [0.29, 0.717) is 16.5 Å². The molecule has 0 atom stereocenters. The fraction of sp³-hybridized carbons (Fsp3) is 0.0870. The molecule has 0 bridgehead atoms. The van der Waals surface area contributed by atoms with Crippen LogP contribution in [-0.2, 0) is 0 Å². The van der Waals surface area contributed by atoms with Gasteiger partial charge in [0.2, 0.25) is 5.82 Å². The molecule has 1 aromatic heterocycles. The van der Waals surface area contributed by atoms with Gasteiger partial charge >= 0.3 is 0 Å². The van der Waals surface area contributed by atoms with Crippen LogP contribution in [0.2, 0.25) is 5.02 Å². The smallest absolute Gasteiger partial charge is 0.295 e. The highest BCUT2D eigenvalue weighted by atomic mass is 35.5. The van der Waals surface area contributed by atoms with Crippen molar-refractivity contribution in [3.05, 3.63) is 94.8 Å². The van der Waals surface area contributed by atoms with Crippen molar-refractivity contribution in [3.63, 3.8) is 0 Å². The quantitative estimate of drug-likeness (QED) is 0.493. The van der Waals surface area contributed by atoms with Crippen LogP contribution in [0, 0.1) is 13.8 Å². The van der Waals surface area contributed by atoms with Crippen molar-refractivity contribution in [2.75, 3.05) is 5.32 Å². The molecule has 144 valence electrons. The summed E-state index contributed by atoms with van der Waals surface area (Å²) >= 11 is 6.16. The summed E-state index contributed by atoms with van der Waals surface area (Å²) in [6.45, 7) is 4.03. The number of halogens is 1. The van der Waals surface area contributed by atoms with Crippen molar-refractivity contribution in [3.8, 4) is 17.1 Å². The van der Waals surface area contributed by atoms with Crippen LogP contribution in [0.15, 0.2) is 72.8 Å². The van der Waals surface area contributed by atoms with Crippen LogP contribution in [0.5, 0.6) is 0 Å². The number of rotatable bonds is 4. The average Bonchev–Trinajstić information content (AvgIpc) is 3.17. The lowest BCUT2D eigenvalue weighted by molar-refractivity contribution is 0.101. The van der Waals surface area contributed by atoms with Crippen LogP contribution in [-0.4, -0.2) is 20.7 Å². The Morgan fingerprint density at radius 1 is 0.931 bits per heavy atom. The molecule has 0 spiro atoms. The van der Waals surface area contributed by atoms with Gasteiger partial charge in [0.05, 0.1) is 5.69 Å². The number of aryl methyl sites for hydroxylation is 2. The average molecular weight is 403 g/mol. The Kier molecular flexibility index (Phi) is 5.14. The Bertz CT molecular complexity index is 1180. The van der Waals surface area contributed by atoms with E-state index in [9.17, 15) is 4.79 Å². The number of nitrogens with one attached hydrogen (secondary N) is 1. The summed E-state index contributed by atoms with van der Waals surface area (Å²) in [5, 5.41) is 7.94. The number of amides is 1. The summed E-state index contributed by atoms with van der Waals surface area (Å²) in [6.07, 6.45) is 0. The van der Waals surface area contributed by atoms with Gasteiger partial charge in [-0.15, -0.1) is 5.10 Å². The summed E-state index contributed by atoms with van der Waals surface area (Å²) in [6, 6.07) is 22.7. The molecule has 0 aliphatic heterocycles. The lowest BCUT2D eigenvalue weighted by Crippen LogP contribution is -2.14. The Morgan fingerprint density at radius 2 is 1.72 bits per heavy atom. The first kappa shape index (κ1) is 18.9. The summed E-state index contributed by atoms with van der Waals surface area (Å²) in [7, 11) is 0. The third kappa shape index (κ3) is 4.05. The van der Waals surface area contributed by atoms with Crippen LogP contribution < -0.4 is 5.32 Å². The molecular weight excluding hydrogens is 384 g/mol. The van der Waals surface area contributed by atoms with E-state index >= 15 is 0 Å². The van der Waals surface area contributed by atoms with Gasteiger partial charge in [0.25, 0.3) is 5.91 Å². The fourth-order valence-corrected chi connectivity index (χ4v) is 3.17. The van der Waals surface area contributed by atoms with Gasteiger partial charge in [-0.1, -0.05) is 48.0 Å². The topological polar surface area (TPSA) is 59.8 Å². The van der Waals surface area contributed by atoms with Gasteiger partial charge in [0, 0.05) is 16.3 Å². The molecule has 1 N–H and O–H groups in total. The lowest BCUT2D eigenvalue weighted by atomic mass is 10.1. The Balaban J connectivity index is 1.74. The van der Waals surface area contributed by atoms with Crippen molar-refractivity contribution in [1.29, 1.82) is 0 Å². The minimum absolute atomic E-state index is 0.0852. The molecule has 0 aliphatic rings. The molecular formula is C23H19ClN4O. The number of aromatic nitrogens is 3. The zero-order valence-corrected chi connectivity index (χ0v) is 16.8. The second-order valence-corrected chi connectivity index (χ2v) is 7.21. The predicted molar refractivity (Wildman–Crippen MR) is 116 cm³/mol. The zero-order chi connectivity index (χ0) is 20.4. The molecule has 4 aromatic rings. The summed E-state index contributed by atoms with van der Waals surface area (Å²) in [5.41, 5.74) is 4.56. The number of para-hydroxylation sites is 1. The summed E-state index contributed by atoms with van der Waals surface area (Å²) < 4.78 is 1.65. The maximum Gasteiger partial charge on any atom is 0.295 e. The molecule has 4 rings (SSSR count). The Labute approximate surface area is 174 Å². The van der Waals surface area contributed by atoms with Crippen molar-refractivity contribution in [2.24, 2.45) is 0 Å². The molecule has 0 saturated heterocycles. The van der Waals surface area contributed by atoms with Crippen LogP contribution >= 0.6 is 11.6 Å². The minimum atomic E-state index is -0.369. The van der Waals surface area contributed by atoms with Crippen LogP contribution in [0.4, 0.5) is 5.69 Å². The van der Waals surface area contributed by atoms with E-state index in [1.807, 2.05) is 74.5 Å². The van der Waals surface area contributed by atoms with Gasteiger partial charge in [-0.25, -0.2) is 9.67 Å². The first-order valence-electron chi connectivity index (χ1n) is 9.18. The minimum Gasteiger partial charge on any atom is -0.319 e. The SMILES string of the molecule is Cc1ccc(NC(=O)c2nc(-c3cccc(Cl)c3)n(-c3ccccc3)n2)cc1C. The van der Waals surface area contributed by atoms with E-state index in [-0.39, 0.29) is 11.7 Å². The molecule has 0 radical (unpaired) electrons. The Morgan fingerprint density at radius 3 is 2.45 bits per heavy atom. The molecule has 0 saturated carbocycles. The lowest BCUT2D eigenvalue weighted by Gasteiger charge is -2.06. The first-order valence-corrected chi connectivity index (χ1v) is 9.56. The van der Waals surface area contributed by atoms with Gasteiger partial charge in [-0.3, -0.25) is 4.79 Å². The monoisotopic (exact) mass is 402 g/mol. The fourth-order valence-electron chi connectivity index (χ4n) is 2.98. The molecule has 3 aromatic carbocycles. The molecule has 5 nitrogen and oxygen atoms in total. The van der Waals surface area contributed by atoms with Gasteiger partial charge in [0.1, 0.15) is 0 Å². The van der Waals surface area contributed by atoms with Gasteiger partial charge in [0.15, 0.2) is 5.82 Å². The number of nitrogens with zero attached hydrogens (tertiary/aromatic N) is 3. The molecule has 1 heterocycles. The molecule has 6 heteroatoms. The van der Waals surface area contributed by atoms with Gasteiger partial charge < -0.3 is 5.32 Å². The molecule has 1 amide bonds. The van der Waals surface area contributed by atoms with Crippen LogP contribution in [0.1, 0.15) is 21.7 Å². The summed E-state index contributed by atoms with van der Waals surface area (Å²) in [5.74, 6) is 0.261. The molecule has 0 unspecified atom stereocenters. The third-order valence-electron chi connectivity index (χ3n) is 4.66. The molecule has 0 fully saturated rings. The zero-order valence-electron chi connectivity index (χ0n) is 16.1.